The molecule has 0 saturated heterocycles. The van der Waals surface area contributed by atoms with Crippen LogP contribution in [0.2, 0.25) is 0 Å². The predicted octanol–water partition coefficient (Wildman–Crippen LogP) is 4.50. The molecule has 0 amide bonds. The predicted molar refractivity (Wildman–Crippen MR) is 120 cm³/mol. The number of tetrazole rings is 1. The van der Waals surface area contributed by atoms with Crippen LogP contribution in [0.3, 0.4) is 0 Å². The van der Waals surface area contributed by atoms with Crippen LogP contribution in [0, 0.1) is 20.4 Å². The SMILES string of the molecule is [C-]#[N+]c1cccc(Oc2ccc(OCc3c(C)cccc3-n3nnn(C)c3=O)c(C)c2)c1. The molecular formula is C24H21N5O3. The molecule has 4 aromatic rings. The highest BCUT2D eigenvalue weighted by atomic mass is 16.5. The van der Waals surface area contributed by atoms with Gasteiger partial charge in [-0.3, -0.25) is 0 Å². The van der Waals surface area contributed by atoms with Gasteiger partial charge in [-0.15, -0.1) is 0 Å². The molecule has 0 aliphatic carbocycles. The van der Waals surface area contributed by atoms with Gasteiger partial charge in [0.05, 0.1) is 12.3 Å². The minimum atomic E-state index is -0.322. The Kier molecular flexibility index (Phi) is 5.73. The van der Waals surface area contributed by atoms with E-state index in [9.17, 15) is 4.79 Å². The Labute approximate surface area is 185 Å². The van der Waals surface area contributed by atoms with E-state index in [1.54, 1.807) is 25.2 Å². The van der Waals surface area contributed by atoms with Crippen LogP contribution >= 0.6 is 0 Å². The molecule has 4 rings (SSSR count). The van der Waals surface area contributed by atoms with Gasteiger partial charge in [-0.1, -0.05) is 24.3 Å². The largest absolute Gasteiger partial charge is 0.489 e. The lowest BCUT2D eigenvalue weighted by atomic mass is 10.1. The van der Waals surface area contributed by atoms with Crippen molar-refractivity contribution < 1.29 is 9.47 Å². The standard InChI is InChI=1S/C24H21N5O3/c1-16-7-5-10-22(29-24(30)28(4)26-27-29)21(16)15-31-23-12-11-20(13-17(23)2)32-19-9-6-8-18(14-19)25-3/h5-14H,15H2,1-2,4H3. The topological polar surface area (TPSA) is 75.5 Å². The number of nitrogens with zero attached hydrogens (tertiary/aromatic N) is 5. The molecule has 160 valence electrons. The van der Waals surface area contributed by atoms with Crippen molar-refractivity contribution in [3.8, 4) is 22.9 Å². The first-order valence-electron chi connectivity index (χ1n) is 9.93. The molecule has 0 atom stereocenters. The van der Waals surface area contributed by atoms with E-state index in [2.05, 4.69) is 15.3 Å². The van der Waals surface area contributed by atoms with Crippen molar-refractivity contribution in [2.75, 3.05) is 0 Å². The molecule has 32 heavy (non-hydrogen) atoms. The molecule has 0 N–H and O–H groups in total. The molecule has 1 heterocycles. The van der Waals surface area contributed by atoms with Crippen molar-refractivity contribution in [3.05, 3.63) is 99.3 Å². The van der Waals surface area contributed by atoms with E-state index < -0.39 is 0 Å². The average Bonchev–Trinajstić information content (AvgIpc) is 3.12. The number of aromatic nitrogens is 4. The van der Waals surface area contributed by atoms with Crippen molar-refractivity contribution in [2.45, 2.75) is 20.5 Å². The van der Waals surface area contributed by atoms with Gasteiger partial charge in [0.25, 0.3) is 0 Å². The van der Waals surface area contributed by atoms with Crippen molar-refractivity contribution >= 4 is 5.69 Å². The van der Waals surface area contributed by atoms with Gasteiger partial charge in [-0.05, 0) is 71.8 Å². The maximum Gasteiger partial charge on any atom is 0.368 e. The van der Waals surface area contributed by atoms with E-state index in [-0.39, 0.29) is 12.3 Å². The Bertz CT molecular complexity index is 1380. The summed E-state index contributed by atoms with van der Waals surface area (Å²) >= 11 is 0. The van der Waals surface area contributed by atoms with E-state index >= 15 is 0 Å². The summed E-state index contributed by atoms with van der Waals surface area (Å²) in [6, 6.07) is 18.2. The zero-order valence-corrected chi connectivity index (χ0v) is 17.9. The van der Waals surface area contributed by atoms with Crippen LogP contribution in [0.1, 0.15) is 16.7 Å². The lowest BCUT2D eigenvalue weighted by Crippen LogP contribution is -2.23. The molecule has 8 heteroatoms. The average molecular weight is 427 g/mol. The third-order valence-corrected chi connectivity index (χ3v) is 5.04. The molecule has 0 spiro atoms. The normalized spacial score (nSPS) is 10.6. The second-order valence-electron chi connectivity index (χ2n) is 7.30. The molecular weight excluding hydrogens is 406 g/mol. The molecule has 0 aliphatic rings. The van der Waals surface area contributed by atoms with Crippen molar-refractivity contribution in [1.82, 2.24) is 19.8 Å². The van der Waals surface area contributed by atoms with Gasteiger partial charge in [0.2, 0.25) is 0 Å². The first kappa shape index (κ1) is 20.9. The van der Waals surface area contributed by atoms with Gasteiger partial charge < -0.3 is 9.47 Å². The zero-order valence-electron chi connectivity index (χ0n) is 17.9. The highest BCUT2D eigenvalue weighted by Gasteiger charge is 2.14. The summed E-state index contributed by atoms with van der Waals surface area (Å²) in [5.74, 6) is 1.96. The summed E-state index contributed by atoms with van der Waals surface area (Å²) in [5, 5.41) is 7.75. The molecule has 0 fully saturated rings. The fourth-order valence-corrected chi connectivity index (χ4v) is 3.29. The third kappa shape index (κ3) is 4.23. The Morgan fingerprint density at radius 1 is 0.969 bits per heavy atom. The van der Waals surface area contributed by atoms with Gasteiger partial charge in [-0.25, -0.2) is 9.64 Å². The summed E-state index contributed by atoms with van der Waals surface area (Å²) in [7, 11) is 1.56. The summed E-state index contributed by atoms with van der Waals surface area (Å²) in [6.07, 6.45) is 0. The van der Waals surface area contributed by atoms with Crippen LogP contribution in [0.15, 0.2) is 65.5 Å². The maximum absolute atomic E-state index is 12.3. The minimum absolute atomic E-state index is 0.263. The monoisotopic (exact) mass is 427 g/mol. The number of benzene rings is 3. The van der Waals surface area contributed by atoms with Crippen molar-refractivity contribution in [3.63, 3.8) is 0 Å². The van der Waals surface area contributed by atoms with Crippen molar-refractivity contribution in [2.24, 2.45) is 7.05 Å². The Morgan fingerprint density at radius 2 is 1.75 bits per heavy atom. The lowest BCUT2D eigenvalue weighted by Gasteiger charge is -2.15. The fraction of sp³-hybridized carbons (Fsp3) is 0.167. The Balaban J connectivity index is 1.54. The van der Waals surface area contributed by atoms with Crippen LogP contribution in [0.4, 0.5) is 5.69 Å². The highest BCUT2D eigenvalue weighted by Crippen LogP contribution is 2.30. The Morgan fingerprint density at radius 3 is 2.47 bits per heavy atom. The Hall–Kier alpha value is -4.38. The first-order chi connectivity index (χ1) is 15.5. The second-order valence-corrected chi connectivity index (χ2v) is 7.30. The van der Waals surface area contributed by atoms with E-state index in [4.69, 9.17) is 16.0 Å². The molecule has 0 radical (unpaired) electrons. The van der Waals surface area contributed by atoms with Gasteiger partial charge in [0, 0.05) is 12.6 Å². The number of hydrogen-bond acceptors (Lipinski definition) is 5. The number of ether oxygens (including phenoxy) is 2. The van der Waals surface area contributed by atoms with E-state index in [0.29, 0.717) is 28.6 Å². The maximum atomic E-state index is 12.3. The van der Waals surface area contributed by atoms with Crippen LogP contribution in [-0.4, -0.2) is 19.8 Å². The zero-order chi connectivity index (χ0) is 22.7. The molecule has 0 saturated carbocycles. The molecule has 0 bridgehead atoms. The molecule has 8 nitrogen and oxygen atoms in total. The fourth-order valence-electron chi connectivity index (χ4n) is 3.29. The van der Waals surface area contributed by atoms with E-state index in [1.165, 1.54) is 9.36 Å². The molecule has 0 aliphatic heterocycles. The summed E-state index contributed by atoms with van der Waals surface area (Å²) in [4.78, 5) is 15.7. The molecule has 3 aromatic carbocycles. The molecule has 1 aromatic heterocycles. The van der Waals surface area contributed by atoms with Gasteiger partial charge in [-0.2, -0.15) is 9.36 Å². The van der Waals surface area contributed by atoms with Gasteiger partial charge in [0.15, 0.2) is 5.69 Å². The summed E-state index contributed by atoms with van der Waals surface area (Å²) < 4.78 is 14.4. The number of rotatable bonds is 6. The van der Waals surface area contributed by atoms with Crippen LogP contribution < -0.4 is 15.2 Å². The third-order valence-electron chi connectivity index (χ3n) is 5.04. The van der Waals surface area contributed by atoms with Crippen LogP contribution in [0.5, 0.6) is 17.2 Å². The summed E-state index contributed by atoms with van der Waals surface area (Å²) in [5.41, 5.74) is 3.58. The number of hydrogen-bond donors (Lipinski definition) is 0. The van der Waals surface area contributed by atoms with Gasteiger partial charge in [0.1, 0.15) is 23.9 Å². The van der Waals surface area contributed by atoms with E-state index in [1.807, 2.05) is 56.3 Å². The smallest absolute Gasteiger partial charge is 0.368 e. The second kappa shape index (κ2) is 8.78. The van der Waals surface area contributed by atoms with E-state index in [0.717, 1.165) is 16.7 Å². The first-order valence-corrected chi connectivity index (χ1v) is 9.93. The quantitative estimate of drug-likeness (QED) is 0.424. The number of aryl methyl sites for hydroxylation is 3. The van der Waals surface area contributed by atoms with Crippen molar-refractivity contribution in [1.29, 1.82) is 0 Å². The summed E-state index contributed by atoms with van der Waals surface area (Å²) in [6.45, 7) is 11.3. The highest BCUT2D eigenvalue weighted by molar-refractivity contribution is 5.50. The van der Waals surface area contributed by atoms with Gasteiger partial charge >= 0.3 is 5.69 Å². The molecule has 0 unspecified atom stereocenters. The van der Waals surface area contributed by atoms with Crippen LogP contribution in [0.25, 0.3) is 10.5 Å². The minimum Gasteiger partial charge on any atom is -0.489 e. The van der Waals surface area contributed by atoms with Crippen LogP contribution in [-0.2, 0) is 13.7 Å². The lowest BCUT2D eigenvalue weighted by molar-refractivity contribution is 0.302.